The van der Waals surface area contributed by atoms with E-state index in [1.165, 1.54) is 46.9 Å². The molecule has 0 aliphatic carbocycles. The van der Waals surface area contributed by atoms with E-state index in [1.54, 1.807) is 31.2 Å². The summed E-state index contributed by atoms with van der Waals surface area (Å²) in [7, 11) is 3.84. The molecule has 2 N–H and O–H groups in total. The number of imidazole rings is 2. The first-order valence-corrected chi connectivity index (χ1v) is 33.6. The number of thiazole rings is 2. The van der Waals surface area contributed by atoms with Crippen LogP contribution in [-0.4, -0.2) is 127 Å². The molecule has 14 rings (SSSR count). The maximum Gasteiger partial charge on any atom is 0.225 e. The van der Waals surface area contributed by atoms with Crippen LogP contribution < -0.4 is 30.2 Å². The predicted octanol–water partition coefficient (Wildman–Crippen LogP) is 13.6. The van der Waals surface area contributed by atoms with Crippen LogP contribution >= 0.6 is 22.7 Å². The number of nitriles is 2. The molecule has 4 saturated heterocycles. The van der Waals surface area contributed by atoms with Crippen LogP contribution in [0.2, 0.25) is 0 Å². The topological polar surface area (TPSA) is 231 Å². The van der Waals surface area contributed by atoms with Crippen LogP contribution in [0.3, 0.4) is 0 Å². The zero-order valence-corrected chi connectivity index (χ0v) is 54.9. The first-order valence-electron chi connectivity index (χ1n) is 32.7. The monoisotopic (exact) mass is 1330 g/mol. The van der Waals surface area contributed by atoms with Crippen molar-refractivity contribution in [2.75, 3.05) is 86.1 Å². The second-order valence-corrected chi connectivity index (χ2v) is 25.9. The van der Waals surface area contributed by atoms with Crippen LogP contribution in [-0.2, 0) is 22.4 Å². The van der Waals surface area contributed by atoms with Gasteiger partial charge in [0.2, 0.25) is 11.9 Å². The zero-order chi connectivity index (χ0) is 66.3. The predicted molar refractivity (Wildman–Crippen MR) is 378 cm³/mol. The molecule has 0 unspecified atom stereocenters. The number of hydrogen-bond donors (Lipinski definition) is 2. The van der Waals surface area contributed by atoms with Crippen LogP contribution in [0.1, 0.15) is 104 Å². The van der Waals surface area contributed by atoms with Crippen molar-refractivity contribution in [2.24, 2.45) is 23.7 Å². The smallest absolute Gasteiger partial charge is 0.225 e. The molecule has 0 spiro atoms. The van der Waals surface area contributed by atoms with E-state index in [-0.39, 0.29) is 38.3 Å². The number of nitrogens with zero attached hydrogens (tertiary/aromatic N) is 16. The molecule has 2 aromatic carbocycles. The Morgan fingerprint density at radius 1 is 0.562 bits per heavy atom. The van der Waals surface area contributed by atoms with E-state index >= 15 is 0 Å². The van der Waals surface area contributed by atoms with Crippen molar-refractivity contribution in [3.63, 3.8) is 0 Å². The summed E-state index contributed by atoms with van der Waals surface area (Å²) in [4.78, 5) is 72.3. The lowest BCUT2D eigenvalue weighted by Crippen LogP contribution is -2.47. The van der Waals surface area contributed by atoms with Gasteiger partial charge in [0.25, 0.3) is 0 Å². The van der Waals surface area contributed by atoms with Gasteiger partial charge in [0.1, 0.15) is 79.4 Å². The van der Waals surface area contributed by atoms with Crippen molar-refractivity contribution in [3.8, 4) is 56.9 Å². The molecule has 0 saturated carbocycles. The molecule has 8 aromatic heterocycles. The summed E-state index contributed by atoms with van der Waals surface area (Å²) in [6.07, 6.45) is 18.2. The number of fused-ring (bicyclic) bond motifs is 2. The summed E-state index contributed by atoms with van der Waals surface area (Å²) in [5, 5.41) is 27.4. The van der Waals surface area contributed by atoms with Crippen molar-refractivity contribution in [3.05, 3.63) is 143 Å². The average molecular weight is 1330 g/mol. The highest BCUT2D eigenvalue weighted by atomic mass is 32.1. The van der Waals surface area contributed by atoms with Crippen LogP contribution in [0, 0.1) is 58.0 Å². The van der Waals surface area contributed by atoms with Crippen LogP contribution in [0.4, 0.5) is 42.6 Å². The molecule has 20 nitrogen and oxygen atoms in total. The minimum atomic E-state index is -0.338. The van der Waals surface area contributed by atoms with Gasteiger partial charge in [-0.05, 0) is 123 Å². The van der Waals surface area contributed by atoms with Gasteiger partial charge >= 0.3 is 0 Å². The molecule has 0 amide bonds. The fraction of sp³-hybridized carbons (Fsp3) is 0.389. The number of pyridine rings is 2. The van der Waals surface area contributed by atoms with Crippen molar-refractivity contribution >= 4 is 79.3 Å². The molecule has 4 aliphatic rings. The number of nitrogens with one attached hydrogen (secondary N) is 2. The maximum absolute atomic E-state index is 13.6. The second-order valence-electron chi connectivity index (χ2n) is 23.9. The summed E-state index contributed by atoms with van der Waals surface area (Å²) >= 11 is 2.58. The van der Waals surface area contributed by atoms with E-state index in [4.69, 9.17) is 41.2 Å². The van der Waals surface area contributed by atoms with E-state index in [0.29, 0.717) is 110 Å². The van der Waals surface area contributed by atoms with E-state index in [0.717, 1.165) is 135 Å². The minimum absolute atomic E-state index is 0. The van der Waals surface area contributed by atoms with Crippen LogP contribution in [0.25, 0.3) is 56.1 Å². The number of Topliss-reactive ketones (excluding diaryl/α,β-unsaturated/α-hetero) is 2. The molecule has 24 heteroatoms. The number of carbonyl (C=O) groups is 2. The van der Waals surface area contributed by atoms with Gasteiger partial charge in [-0.1, -0.05) is 65.2 Å². The van der Waals surface area contributed by atoms with Crippen molar-refractivity contribution in [1.82, 2.24) is 59.3 Å². The molecule has 0 radical (unpaired) electrons. The Labute approximate surface area is 569 Å². The van der Waals surface area contributed by atoms with Gasteiger partial charge in [-0.2, -0.15) is 10.5 Å². The zero-order valence-electron chi connectivity index (χ0n) is 54.3. The molecule has 4 aliphatic heterocycles. The highest BCUT2D eigenvalue weighted by Crippen LogP contribution is 2.40. The van der Waals surface area contributed by atoms with Gasteiger partial charge in [-0.3, -0.25) is 18.4 Å². The lowest BCUT2D eigenvalue weighted by Gasteiger charge is -2.33. The highest BCUT2D eigenvalue weighted by molar-refractivity contribution is 7.17. The van der Waals surface area contributed by atoms with Gasteiger partial charge in [0.05, 0.1) is 11.4 Å². The summed E-state index contributed by atoms with van der Waals surface area (Å²) in [6, 6.07) is 24.6. The third-order valence-electron chi connectivity index (χ3n) is 18.1. The average Bonchev–Trinajstić information content (AvgIpc) is 1.63. The Bertz CT molecular complexity index is 4140. The molecule has 10 aromatic rings. The molecule has 12 heterocycles. The summed E-state index contributed by atoms with van der Waals surface area (Å²) in [5.74, 6) is 4.58. The minimum Gasteiger partial charge on any atom is -0.341 e. The molecule has 96 heavy (non-hydrogen) atoms. The first-order chi connectivity index (χ1) is 46.2. The molecular formula is C72H82F2N18O2S2. The Hall–Kier alpha value is -9.46. The number of carbonyl (C=O) groups excluding carboxylic acids is 2. The largest absolute Gasteiger partial charge is 0.341 e. The number of hydrogen-bond acceptors (Lipinski definition) is 20. The Balaban J connectivity index is 0.000000199. The van der Waals surface area contributed by atoms with Crippen LogP contribution in [0.15, 0.2) is 110 Å². The summed E-state index contributed by atoms with van der Waals surface area (Å²) in [6.45, 7) is 13.1. The first kappa shape index (κ1) is 67.9. The van der Waals surface area contributed by atoms with E-state index in [2.05, 4.69) is 46.4 Å². The van der Waals surface area contributed by atoms with Crippen molar-refractivity contribution in [2.45, 2.75) is 93.9 Å². The van der Waals surface area contributed by atoms with E-state index < -0.39 is 0 Å². The second kappa shape index (κ2) is 31.0. The number of ketones is 2. The fourth-order valence-electron chi connectivity index (χ4n) is 12.4. The van der Waals surface area contributed by atoms with Crippen molar-refractivity contribution < 1.29 is 19.7 Å². The maximum atomic E-state index is 13.6. The number of aryl methyl sites for hydroxylation is 2. The molecule has 0 atom stereocenters. The lowest BCUT2D eigenvalue weighted by atomic mass is 9.86. The molecule has 4 fully saturated rings. The third kappa shape index (κ3) is 14.7. The van der Waals surface area contributed by atoms with Gasteiger partial charge in [0.15, 0.2) is 10.3 Å². The number of anilines is 6. The normalized spacial score (nSPS) is 15.1. The number of aromatic nitrogens is 10. The summed E-state index contributed by atoms with van der Waals surface area (Å²) < 4.78 is 37.4. The quantitative estimate of drug-likeness (QED) is 0.0813. The number of halogens is 2. The van der Waals surface area contributed by atoms with Gasteiger partial charge < -0.3 is 30.2 Å². The fourth-order valence-corrected chi connectivity index (χ4v) is 14.1. The molecule has 498 valence electrons. The van der Waals surface area contributed by atoms with E-state index in [9.17, 15) is 28.9 Å². The number of benzene rings is 2. The SMILES string of the molecule is C.C.CCc1nc2ccc(-c3cnc(N4CCC(CC(=O)C5CNC5)CC4)nc3)cn2c1N(C)c1nc(-c2ccc(F)cc2)c(C#N)s1.CCc1nc2ccc(-c3cnc(N4CCC(CC(=O)C5CNC5)CC4)nc3)cn2c1N(C)c1nc(-c2ccc(F)cc2)c(C#N)s1.[2H]CC. The number of piperidine rings is 2. The standard InChI is InChI=1S/2C34H34FN9OS.C2H6.2CH4/c2*1-3-27-32(42(2)34-41-31(29(15-36)46-34)22-4-7-26(35)8-5-22)44-20-23(6-9-30(44)40-27)24-18-38-33(39-19-24)43-12-10-21(11-13-43)14-28(45)25-16-37-17-25;1-2;;/h2*4-9,18-21,25,37H,3,10-14,16-17H2,1-2H3;1-2H3;2*1H4/i;;1D;;. The van der Waals surface area contributed by atoms with Gasteiger partial charge in [-0.15, -0.1) is 0 Å². The third-order valence-corrected chi connectivity index (χ3v) is 20.1. The number of rotatable bonds is 18. The lowest BCUT2D eigenvalue weighted by molar-refractivity contribution is -0.126. The summed E-state index contributed by atoms with van der Waals surface area (Å²) in [5.41, 5.74) is 9.50. The molecule has 0 bridgehead atoms. The molecular weight excluding hydrogens is 1250 g/mol. The van der Waals surface area contributed by atoms with Crippen LogP contribution in [0.5, 0.6) is 0 Å². The Morgan fingerprint density at radius 3 is 1.22 bits per heavy atom. The Morgan fingerprint density at radius 2 is 0.906 bits per heavy atom. The van der Waals surface area contributed by atoms with Crippen molar-refractivity contribution in [1.29, 1.82) is 10.5 Å². The Kier molecular flexibility index (Phi) is 21.9. The van der Waals surface area contributed by atoms with Gasteiger partial charge in [0, 0.05) is 163 Å². The van der Waals surface area contributed by atoms with Gasteiger partial charge in [-0.25, -0.2) is 48.7 Å². The van der Waals surface area contributed by atoms with E-state index in [1.807, 2.05) is 94.1 Å². The highest BCUT2D eigenvalue weighted by Gasteiger charge is 2.32.